The second kappa shape index (κ2) is 11.2. The number of halogens is 1. The van der Waals surface area contributed by atoms with Gasteiger partial charge in [0.15, 0.2) is 0 Å². The summed E-state index contributed by atoms with van der Waals surface area (Å²) in [6.07, 6.45) is 0. The Labute approximate surface area is 218 Å². The molecule has 8 heteroatoms. The summed E-state index contributed by atoms with van der Waals surface area (Å²) in [5, 5.41) is 7.59. The molecule has 1 aromatic heterocycles. The quantitative estimate of drug-likeness (QED) is 0.276. The SMILES string of the molecule is COC(=O)c1ccccc1Cn1nc(C)c(NC(=O)c2cccc(COc3ccccc3Br)c2)c1C. The summed E-state index contributed by atoms with van der Waals surface area (Å²) in [4.78, 5) is 25.2. The van der Waals surface area contributed by atoms with E-state index in [-0.39, 0.29) is 5.91 Å². The summed E-state index contributed by atoms with van der Waals surface area (Å²) in [6, 6.07) is 22.2. The lowest BCUT2D eigenvalue weighted by Crippen LogP contribution is -2.14. The molecular formula is C28H26BrN3O4. The van der Waals surface area contributed by atoms with Crippen LogP contribution in [-0.2, 0) is 17.9 Å². The average Bonchev–Trinajstić information content (AvgIpc) is 3.15. The lowest BCUT2D eigenvalue weighted by Gasteiger charge is -2.11. The van der Waals surface area contributed by atoms with Crippen LogP contribution in [-0.4, -0.2) is 28.8 Å². The maximum Gasteiger partial charge on any atom is 0.338 e. The van der Waals surface area contributed by atoms with Gasteiger partial charge < -0.3 is 14.8 Å². The number of aryl methyl sites for hydroxylation is 1. The Balaban J connectivity index is 1.49. The standard InChI is InChI=1S/C28H26BrN3O4/c1-18-26(19(2)32(31-18)16-22-10-4-5-12-23(22)28(34)35-3)30-27(33)21-11-8-9-20(15-21)17-36-25-14-7-6-13-24(25)29/h4-15H,16-17H2,1-3H3,(H,30,33). The van der Waals surface area contributed by atoms with Crippen LogP contribution in [0.5, 0.6) is 5.75 Å². The maximum absolute atomic E-state index is 13.1. The summed E-state index contributed by atoms with van der Waals surface area (Å²) in [6.45, 7) is 4.43. The highest BCUT2D eigenvalue weighted by atomic mass is 79.9. The molecular weight excluding hydrogens is 522 g/mol. The number of ether oxygens (including phenoxy) is 2. The number of hydrogen-bond donors (Lipinski definition) is 1. The Morgan fingerprint density at radius 1 is 1.00 bits per heavy atom. The molecule has 1 amide bonds. The average molecular weight is 548 g/mol. The number of nitrogens with zero attached hydrogens (tertiary/aromatic N) is 2. The minimum absolute atomic E-state index is 0.238. The van der Waals surface area contributed by atoms with Gasteiger partial charge in [0.05, 0.1) is 40.8 Å². The highest BCUT2D eigenvalue weighted by molar-refractivity contribution is 9.10. The number of methoxy groups -OCH3 is 1. The van der Waals surface area contributed by atoms with Crippen LogP contribution in [0.3, 0.4) is 0 Å². The fourth-order valence-electron chi connectivity index (χ4n) is 3.87. The Bertz CT molecular complexity index is 1410. The second-order valence-electron chi connectivity index (χ2n) is 8.23. The molecule has 0 bridgehead atoms. The lowest BCUT2D eigenvalue weighted by atomic mass is 10.1. The summed E-state index contributed by atoms with van der Waals surface area (Å²) < 4.78 is 13.4. The topological polar surface area (TPSA) is 82.5 Å². The summed E-state index contributed by atoms with van der Waals surface area (Å²) >= 11 is 3.48. The second-order valence-corrected chi connectivity index (χ2v) is 9.08. The molecule has 0 saturated heterocycles. The van der Waals surface area contributed by atoms with Crippen molar-refractivity contribution in [1.29, 1.82) is 0 Å². The predicted octanol–water partition coefficient (Wildman–Crippen LogP) is 5.93. The number of anilines is 1. The van der Waals surface area contributed by atoms with Crippen LogP contribution >= 0.6 is 15.9 Å². The van der Waals surface area contributed by atoms with E-state index in [1.807, 2.05) is 68.4 Å². The zero-order valence-corrected chi connectivity index (χ0v) is 21.8. The third-order valence-electron chi connectivity index (χ3n) is 5.78. The fourth-order valence-corrected chi connectivity index (χ4v) is 4.27. The molecule has 1 heterocycles. The van der Waals surface area contributed by atoms with Gasteiger partial charge in [-0.2, -0.15) is 5.10 Å². The van der Waals surface area contributed by atoms with Gasteiger partial charge in [-0.25, -0.2) is 4.79 Å². The Morgan fingerprint density at radius 3 is 2.53 bits per heavy atom. The first-order chi connectivity index (χ1) is 17.4. The van der Waals surface area contributed by atoms with Gasteiger partial charge in [-0.15, -0.1) is 0 Å². The van der Waals surface area contributed by atoms with E-state index in [2.05, 4.69) is 26.3 Å². The van der Waals surface area contributed by atoms with Gasteiger partial charge in [-0.05, 0) is 71.2 Å². The zero-order chi connectivity index (χ0) is 25.7. The number of rotatable bonds is 8. The first-order valence-electron chi connectivity index (χ1n) is 11.3. The first kappa shape index (κ1) is 25.2. The minimum atomic E-state index is -0.399. The fraction of sp³-hybridized carbons (Fsp3) is 0.179. The van der Waals surface area contributed by atoms with Crippen LogP contribution < -0.4 is 10.1 Å². The Morgan fingerprint density at radius 2 is 1.75 bits per heavy atom. The van der Waals surface area contributed by atoms with Gasteiger partial charge in [0.2, 0.25) is 0 Å². The van der Waals surface area contributed by atoms with Crippen molar-refractivity contribution in [1.82, 2.24) is 9.78 Å². The number of hydrogen-bond acceptors (Lipinski definition) is 5. The third kappa shape index (κ3) is 5.66. The molecule has 0 atom stereocenters. The number of carbonyl (C=O) groups excluding carboxylic acids is 2. The van der Waals surface area contributed by atoms with Gasteiger partial charge in [0.25, 0.3) is 5.91 Å². The van der Waals surface area contributed by atoms with E-state index >= 15 is 0 Å². The van der Waals surface area contributed by atoms with Crippen LogP contribution in [0.1, 0.15) is 43.2 Å². The van der Waals surface area contributed by atoms with E-state index in [4.69, 9.17) is 9.47 Å². The molecule has 0 aliphatic heterocycles. The van der Waals surface area contributed by atoms with Crippen LogP contribution in [0, 0.1) is 13.8 Å². The van der Waals surface area contributed by atoms with Gasteiger partial charge in [0, 0.05) is 5.56 Å². The van der Waals surface area contributed by atoms with Crippen molar-refractivity contribution in [3.63, 3.8) is 0 Å². The Hall–Kier alpha value is -3.91. The molecule has 0 radical (unpaired) electrons. The first-order valence-corrected chi connectivity index (χ1v) is 12.1. The summed E-state index contributed by atoms with van der Waals surface area (Å²) in [5.41, 5.74) is 4.78. The highest BCUT2D eigenvalue weighted by Gasteiger charge is 2.18. The molecule has 0 aliphatic carbocycles. The Kier molecular flexibility index (Phi) is 7.85. The van der Waals surface area contributed by atoms with Crippen molar-refractivity contribution in [2.75, 3.05) is 12.4 Å². The molecule has 0 unspecified atom stereocenters. The van der Waals surface area contributed by atoms with Gasteiger partial charge in [0.1, 0.15) is 12.4 Å². The van der Waals surface area contributed by atoms with Gasteiger partial charge in [-0.1, -0.05) is 42.5 Å². The van der Waals surface area contributed by atoms with E-state index in [1.54, 1.807) is 22.9 Å². The van der Waals surface area contributed by atoms with Crippen molar-refractivity contribution < 1.29 is 19.1 Å². The van der Waals surface area contributed by atoms with Crippen LogP contribution in [0.15, 0.2) is 77.3 Å². The number of benzene rings is 3. The normalized spacial score (nSPS) is 10.7. The summed E-state index contributed by atoms with van der Waals surface area (Å²) in [7, 11) is 1.36. The molecule has 4 rings (SSSR count). The van der Waals surface area contributed by atoms with Crippen molar-refractivity contribution in [3.8, 4) is 5.75 Å². The molecule has 1 N–H and O–H groups in total. The summed E-state index contributed by atoms with van der Waals surface area (Å²) in [5.74, 6) is 0.0994. The van der Waals surface area contributed by atoms with E-state index in [0.717, 1.165) is 27.0 Å². The molecule has 0 fully saturated rings. The number of nitrogens with one attached hydrogen (secondary N) is 1. The molecule has 7 nitrogen and oxygen atoms in total. The van der Waals surface area contributed by atoms with Crippen molar-refractivity contribution >= 4 is 33.5 Å². The number of esters is 1. The molecule has 4 aromatic rings. The highest BCUT2D eigenvalue weighted by Crippen LogP contribution is 2.25. The number of carbonyl (C=O) groups is 2. The predicted molar refractivity (Wildman–Crippen MR) is 141 cm³/mol. The molecule has 184 valence electrons. The minimum Gasteiger partial charge on any atom is -0.488 e. The lowest BCUT2D eigenvalue weighted by molar-refractivity contribution is 0.0599. The van der Waals surface area contributed by atoms with E-state index in [1.165, 1.54) is 7.11 Å². The molecule has 36 heavy (non-hydrogen) atoms. The van der Waals surface area contributed by atoms with Crippen molar-refractivity contribution in [2.45, 2.75) is 27.0 Å². The van der Waals surface area contributed by atoms with Crippen LogP contribution in [0.2, 0.25) is 0 Å². The number of amides is 1. The van der Waals surface area contributed by atoms with Crippen molar-refractivity contribution in [2.24, 2.45) is 0 Å². The molecule has 0 spiro atoms. The number of para-hydroxylation sites is 1. The zero-order valence-electron chi connectivity index (χ0n) is 20.2. The smallest absolute Gasteiger partial charge is 0.338 e. The molecule has 0 saturated carbocycles. The van der Waals surface area contributed by atoms with Gasteiger partial charge in [-0.3, -0.25) is 9.48 Å². The maximum atomic E-state index is 13.1. The third-order valence-corrected chi connectivity index (χ3v) is 6.44. The van der Waals surface area contributed by atoms with E-state index in [0.29, 0.717) is 35.7 Å². The molecule has 0 aliphatic rings. The monoisotopic (exact) mass is 547 g/mol. The number of aromatic nitrogens is 2. The van der Waals surface area contributed by atoms with Gasteiger partial charge >= 0.3 is 5.97 Å². The van der Waals surface area contributed by atoms with Crippen molar-refractivity contribution in [3.05, 3.63) is 111 Å². The largest absolute Gasteiger partial charge is 0.488 e. The van der Waals surface area contributed by atoms with Crippen LogP contribution in [0.4, 0.5) is 5.69 Å². The van der Waals surface area contributed by atoms with Crippen LogP contribution in [0.25, 0.3) is 0 Å². The van der Waals surface area contributed by atoms with E-state index < -0.39 is 5.97 Å². The molecule has 3 aromatic carbocycles. The van der Waals surface area contributed by atoms with E-state index in [9.17, 15) is 9.59 Å².